The van der Waals surface area contributed by atoms with Gasteiger partial charge in [0.2, 0.25) is 0 Å². The smallest absolute Gasteiger partial charge is 0.0439 e. The number of halogens is 2. The van der Waals surface area contributed by atoms with E-state index in [4.69, 9.17) is 23.2 Å². The molecule has 17 heavy (non-hydrogen) atoms. The van der Waals surface area contributed by atoms with Crippen LogP contribution in [0.25, 0.3) is 0 Å². The van der Waals surface area contributed by atoms with Gasteiger partial charge in [-0.05, 0) is 61.9 Å². The predicted molar refractivity (Wildman–Crippen MR) is 74.9 cm³/mol. The SMILES string of the molecule is CNC(Cc1cc(Cl)ccc1Cl)C(C)C1CC1. The molecule has 1 fully saturated rings. The van der Waals surface area contributed by atoms with Gasteiger partial charge in [-0.15, -0.1) is 0 Å². The van der Waals surface area contributed by atoms with Crippen molar-refractivity contribution in [1.29, 1.82) is 0 Å². The van der Waals surface area contributed by atoms with Gasteiger partial charge in [0, 0.05) is 16.1 Å². The minimum absolute atomic E-state index is 0.485. The van der Waals surface area contributed by atoms with Crippen LogP contribution in [-0.2, 0) is 6.42 Å². The highest BCUT2D eigenvalue weighted by Crippen LogP contribution is 2.39. The fraction of sp³-hybridized carbons (Fsp3) is 0.571. The van der Waals surface area contributed by atoms with Gasteiger partial charge in [-0.2, -0.15) is 0 Å². The number of nitrogens with one attached hydrogen (secondary N) is 1. The second-order valence-corrected chi connectivity index (χ2v) is 5.88. The van der Waals surface area contributed by atoms with E-state index in [2.05, 4.69) is 12.2 Å². The minimum atomic E-state index is 0.485. The second kappa shape index (κ2) is 5.60. The lowest BCUT2D eigenvalue weighted by atomic mass is 9.91. The van der Waals surface area contributed by atoms with Crippen LogP contribution >= 0.6 is 23.2 Å². The number of rotatable bonds is 5. The Labute approximate surface area is 114 Å². The van der Waals surface area contributed by atoms with Crippen LogP contribution in [-0.4, -0.2) is 13.1 Å². The highest BCUT2D eigenvalue weighted by molar-refractivity contribution is 6.33. The first kappa shape index (κ1) is 13.2. The molecular formula is C14H19Cl2N. The average Bonchev–Trinajstić information content (AvgIpc) is 3.13. The van der Waals surface area contributed by atoms with Crippen molar-refractivity contribution in [3.05, 3.63) is 33.8 Å². The summed E-state index contributed by atoms with van der Waals surface area (Å²) in [4.78, 5) is 0. The van der Waals surface area contributed by atoms with E-state index in [9.17, 15) is 0 Å². The summed E-state index contributed by atoms with van der Waals surface area (Å²) in [6.45, 7) is 2.33. The molecule has 1 aliphatic rings. The normalized spacial score (nSPS) is 19.1. The number of hydrogen-bond donors (Lipinski definition) is 1. The molecule has 94 valence electrons. The van der Waals surface area contributed by atoms with Gasteiger partial charge in [0.05, 0.1) is 0 Å². The van der Waals surface area contributed by atoms with E-state index in [0.29, 0.717) is 12.0 Å². The molecule has 0 radical (unpaired) electrons. The molecule has 1 N–H and O–H groups in total. The molecule has 0 heterocycles. The molecule has 1 aliphatic carbocycles. The summed E-state index contributed by atoms with van der Waals surface area (Å²) in [6, 6.07) is 6.19. The van der Waals surface area contributed by atoms with E-state index in [1.54, 1.807) is 0 Å². The first-order chi connectivity index (χ1) is 8.11. The summed E-state index contributed by atoms with van der Waals surface area (Å²) < 4.78 is 0. The van der Waals surface area contributed by atoms with Crippen molar-refractivity contribution in [2.24, 2.45) is 11.8 Å². The first-order valence-electron chi connectivity index (χ1n) is 6.23. The fourth-order valence-electron chi connectivity index (χ4n) is 2.44. The van der Waals surface area contributed by atoms with Crippen LogP contribution in [0.2, 0.25) is 10.0 Å². The van der Waals surface area contributed by atoms with E-state index in [0.717, 1.165) is 27.9 Å². The Bertz CT molecular complexity index is 388. The second-order valence-electron chi connectivity index (χ2n) is 5.03. The molecule has 2 atom stereocenters. The van der Waals surface area contributed by atoms with Crippen molar-refractivity contribution in [2.45, 2.75) is 32.2 Å². The van der Waals surface area contributed by atoms with Gasteiger partial charge in [0.25, 0.3) is 0 Å². The van der Waals surface area contributed by atoms with Gasteiger partial charge in [0.1, 0.15) is 0 Å². The van der Waals surface area contributed by atoms with Crippen molar-refractivity contribution < 1.29 is 0 Å². The summed E-state index contributed by atoms with van der Waals surface area (Å²) in [7, 11) is 2.03. The molecule has 0 aliphatic heterocycles. The largest absolute Gasteiger partial charge is 0.316 e. The third-order valence-corrected chi connectivity index (χ3v) is 4.42. The molecule has 1 nitrogen and oxygen atoms in total. The van der Waals surface area contributed by atoms with E-state index < -0.39 is 0 Å². The van der Waals surface area contributed by atoms with Crippen molar-refractivity contribution in [3.8, 4) is 0 Å². The number of hydrogen-bond acceptors (Lipinski definition) is 1. The monoisotopic (exact) mass is 271 g/mol. The Morgan fingerprint density at radius 2 is 2.06 bits per heavy atom. The van der Waals surface area contributed by atoms with Crippen LogP contribution < -0.4 is 5.32 Å². The van der Waals surface area contributed by atoms with Gasteiger partial charge >= 0.3 is 0 Å². The lowest BCUT2D eigenvalue weighted by molar-refractivity contribution is 0.358. The standard InChI is InChI=1S/C14H19Cl2N/c1-9(10-3-4-10)14(17-2)8-11-7-12(15)5-6-13(11)16/h5-7,9-10,14,17H,3-4,8H2,1-2H3. The van der Waals surface area contributed by atoms with E-state index in [1.165, 1.54) is 12.8 Å². The Morgan fingerprint density at radius 3 is 2.65 bits per heavy atom. The summed E-state index contributed by atoms with van der Waals surface area (Å²) in [5.74, 6) is 1.60. The zero-order valence-corrected chi connectivity index (χ0v) is 11.9. The Kier molecular flexibility index (Phi) is 4.35. The molecule has 0 bridgehead atoms. The van der Waals surface area contributed by atoms with Crippen LogP contribution in [0.15, 0.2) is 18.2 Å². The molecule has 0 aromatic heterocycles. The number of likely N-dealkylation sites (N-methyl/N-ethyl adjacent to an activating group) is 1. The van der Waals surface area contributed by atoms with E-state index >= 15 is 0 Å². The van der Waals surface area contributed by atoms with Crippen LogP contribution in [0, 0.1) is 11.8 Å². The molecule has 1 saturated carbocycles. The van der Waals surface area contributed by atoms with Gasteiger partial charge in [-0.3, -0.25) is 0 Å². The quantitative estimate of drug-likeness (QED) is 0.848. The molecule has 2 rings (SSSR count). The molecule has 0 saturated heterocycles. The van der Waals surface area contributed by atoms with Crippen LogP contribution in [0.1, 0.15) is 25.3 Å². The van der Waals surface area contributed by atoms with E-state index in [1.807, 2.05) is 25.2 Å². The van der Waals surface area contributed by atoms with Gasteiger partial charge in [-0.1, -0.05) is 30.1 Å². The van der Waals surface area contributed by atoms with Gasteiger partial charge in [-0.25, -0.2) is 0 Å². The first-order valence-corrected chi connectivity index (χ1v) is 6.98. The Balaban J connectivity index is 2.08. The van der Waals surface area contributed by atoms with Crippen molar-refractivity contribution in [2.75, 3.05) is 7.05 Å². The molecule has 1 aromatic rings. The maximum absolute atomic E-state index is 6.21. The maximum Gasteiger partial charge on any atom is 0.0439 e. The van der Waals surface area contributed by atoms with Crippen LogP contribution in [0.3, 0.4) is 0 Å². The lowest BCUT2D eigenvalue weighted by Crippen LogP contribution is -2.35. The third kappa shape index (κ3) is 3.37. The fourth-order valence-corrected chi connectivity index (χ4v) is 2.83. The summed E-state index contributed by atoms with van der Waals surface area (Å²) in [5.41, 5.74) is 1.14. The molecule has 2 unspecified atom stereocenters. The van der Waals surface area contributed by atoms with Crippen LogP contribution in [0.4, 0.5) is 0 Å². The molecular weight excluding hydrogens is 253 g/mol. The van der Waals surface area contributed by atoms with Crippen LogP contribution in [0.5, 0.6) is 0 Å². The minimum Gasteiger partial charge on any atom is -0.316 e. The predicted octanol–water partition coefficient (Wildman–Crippen LogP) is 4.17. The summed E-state index contributed by atoms with van der Waals surface area (Å²) in [5, 5.41) is 5.00. The molecule has 3 heteroatoms. The summed E-state index contributed by atoms with van der Waals surface area (Å²) in [6.07, 6.45) is 3.71. The topological polar surface area (TPSA) is 12.0 Å². The highest BCUT2D eigenvalue weighted by Gasteiger charge is 2.32. The van der Waals surface area contributed by atoms with Gasteiger partial charge < -0.3 is 5.32 Å². The average molecular weight is 272 g/mol. The van der Waals surface area contributed by atoms with Gasteiger partial charge in [0.15, 0.2) is 0 Å². The lowest BCUT2D eigenvalue weighted by Gasteiger charge is -2.24. The van der Waals surface area contributed by atoms with Crippen molar-refractivity contribution in [3.63, 3.8) is 0 Å². The highest BCUT2D eigenvalue weighted by atomic mass is 35.5. The molecule has 0 amide bonds. The zero-order chi connectivity index (χ0) is 12.4. The molecule has 1 aromatic carbocycles. The molecule has 0 spiro atoms. The number of benzene rings is 1. The maximum atomic E-state index is 6.21. The Hall–Kier alpha value is -0.240. The zero-order valence-electron chi connectivity index (χ0n) is 10.3. The summed E-state index contributed by atoms with van der Waals surface area (Å²) >= 11 is 12.2. The Morgan fingerprint density at radius 1 is 1.35 bits per heavy atom. The van der Waals surface area contributed by atoms with E-state index in [-0.39, 0.29) is 0 Å². The van der Waals surface area contributed by atoms with Crippen molar-refractivity contribution in [1.82, 2.24) is 5.32 Å². The third-order valence-electron chi connectivity index (χ3n) is 3.82. The van der Waals surface area contributed by atoms with Crippen molar-refractivity contribution >= 4 is 23.2 Å².